The van der Waals surface area contributed by atoms with Crippen LogP contribution in [0.15, 0.2) is 42.5 Å². The molecule has 2 heterocycles. The lowest BCUT2D eigenvalue weighted by Crippen LogP contribution is -2.53. The Kier molecular flexibility index (Phi) is 6.78. The average molecular weight is 452 g/mol. The quantitative estimate of drug-likeness (QED) is 0.708. The Hall–Kier alpha value is -1.86. The van der Waals surface area contributed by atoms with E-state index in [1.165, 1.54) is 12.1 Å². The first-order valence-corrected chi connectivity index (χ1v) is 10.8. The number of morpholine rings is 1. The van der Waals surface area contributed by atoms with E-state index < -0.39 is 0 Å². The molecular weight excluding hydrogens is 428 g/mol. The van der Waals surface area contributed by atoms with Crippen LogP contribution in [0, 0.1) is 5.82 Å². The van der Waals surface area contributed by atoms with Crippen molar-refractivity contribution in [3.63, 3.8) is 0 Å². The number of piperazine rings is 1. The highest BCUT2D eigenvalue weighted by Crippen LogP contribution is 2.24. The number of amides is 1. The van der Waals surface area contributed by atoms with Crippen LogP contribution in [-0.2, 0) is 4.74 Å². The van der Waals surface area contributed by atoms with Crippen molar-refractivity contribution >= 4 is 34.8 Å². The zero-order valence-electron chi connectivity index (χ0n) is 16.6. The number of halogens is 3. The summed E-state index contributed by atoms with van der Waals surface area (Å²) in [7, 11) is 0. The predicted molar refractivity (Wildman–Crippen MR) is 117 cm³/mol. The van der Waals surface area contributed by atoms with Crippen molar-refractivity contribution < 1.29 is 13.9 Å². The SMILES string of the molecule is O=C(c1ccc(Cl)c(Cl)c1)N1CCOC(CN2CCN(c3ccc(F)cc3)CC2)C1. The summed E-state index contributed by atoms with van der Waals surface area (Å²) in [5, 5.41) is 0.819. The second-order valence-corrected chi connectivity index (χ2v) is 8.45. The molecule has 1 atom stereocenters. The molecule has 2 aliphatic rings. The van der Waals surface area contributed by atoms with Gasteiger partial charge in [0.2, 0.25) is 0 Å². The molecule has 2 aromatic carbocycles. The van der Waals surface area contributed by atoms with E-state index >= 15 is 0 Å². The van der Waals surface area contributed by atoms with Gasteiger partial charge < -0.3 is 14.5 Å². The molecule has 5 nitrogen and oxygen atoms in total. The van der Waals surface area contributed by atoms with E-state index in [2.05, 4.69) is 9.80 Å². The number of hydrogen-bond donors (Lipinski definition) is 0. The highest BCUT2D eigenvalue weighted by Gasteiger charge is 2.28. The highest BCUT2D eigenvalue weighted by atomic mass is 35.5. The minimum Gasteiger partial charge on any atom is -0.373 e. The first-order valence-electron chi connectivity index (χ1n) is 10.1. The molecule has 30 heavy (non-hydrogen) atoms. The Labute approximate surface area is 185 Å². The first kappa shape index (κ1) is 21.4. The summed E-state index contributed by atoms with van der Waals surface area (Å²) in [6, 6.07) is 11.6. The second kappa shape index (κ2) is 9.52. The van der Waals surface area contributed by atoms with Gasteiger partial charge in [-0.25, -0.2) is 4.39 Å². The predicted octanol–water partition coefficient (Wildman–Crippen LogP) is 3.80. The van der Waals surface area contributed by atoms with Crippen molar-refractivity contribution in [1.29, 1.82) is 0 Å². The van der Waals surface area contributed by atoms with E-state index in [1.807, 2.05) is 17.0 Å². The van der Waals surface area contributed by atoms with Crippen molar-refractivity contribution in [3.05, 3.63) is 63.9 Å². The number of carbonyl (C=O) groups excluding carboxylic acids is 1. The molecule has 0 aromatic heterocycles. The van der Waals surface area contributed by atoms with E-state index in [9.17, 15) is 9.18 Å². The minimum atomic E-state index is -0.216. The molecule has 0 radical (unpaired) electrons. The van der Waals surface area contributed by atoms with E-state index in [1.54, 1.807) is 18.2 Å². The van der Waals surface area contributed by atoms with Crippen LogP contribution in [0.5, 0.6) is 0 Å². The third-order valence-electron chi connectivity index (χ3n) is 5.62. The maximum absolute atomic E-state index is 13.1. The molecule has 2 fully saturated rings. The largest absolute Gasteiger partial charge is 0.373 e. The van der Waals surface area contributed by atoms with Crippen LogP contribution in [0.1, 0.15) is 10.4 Å². The lowest BCUT2D eigenvalue weighted by atomic mass is 10.1. The van der Waals surface area contributed by atoms with Gasteiger partial charge in [-0.3, -0.25) is 9.69 Å². The minimum absolute atomic E-state index is 0.0251. The van der Waals surface area contributed by atoms with Gasteiger partial charge in [0.1, 0.15) is 5.82 Å². The molecule has 160 valence electrons. The van der Waals surface area contributed by atoms with E-state index in [-0.39, 0.29) is 17.8 Å². The van der Waals surface area contributed by atoms with Crippen LogP contribution >= 0.6 is 23.2 Å². The molecule has 0 N–H and O–H groups in total. The number of benzene rings is 2. The summed E-state index contributed by atoms with van der Waals surface area (Å²) in [6.07, 6.45) is -0.0251. The third kappa shape index (κ3) is 5.06. The van der Waals surface area contributed by atoms with Gasteiger partial charge in [0, 0.05) is 57.1 Å². The standard InChI is InChI=1S/C22H24Cl2FN3O2/c23-20-6-1-16(13-21(20)24)22(29)28-11-12-30-19(15-28)14-26-7-9-27(10-8-26)18-4-2-17(25)3-5-18/h1-6,13,19H,7-12,14-15H2. The molecule has 2 aliphatic heterocycles. The highest BCUT2D eigenvalue weighted by molar-refractivity contribution is 6.42. The smallest absolute Gasteiger partial charge is 0.254 e. The molecule has 0 aliphatic carbocycles. The first-order chi connectivity index (χ1) is 14.5. The summed E-state index contributed by atoms with van der Waals surface area (Å²) in [5.74, 6) is -0.269. The fourth-order valence-corrected chi connectivity index (χ4v) is 4.25. The molecule has 0 bridgehead atoms. The summed E-state index contributed by atoms with van der Waals surface area (Å²) < 4.78 is 19.1. The number of carbonyl (C=O) groups is 1. The Bertz CT molecular complexity index is 888. The van der Waals surface area contributed by atoms with Crippen molar-refractivity contribution in [3.8, 4) is 0 Å². The topological polar surface area (TPSA) is 36.0 Å². The fraction of sp³-hybridized carbons (Fsp3) is 0.409. The lowest BCUT2D eigenvalue weighted by Gasteiger charge is -2.40. The monoisotopic (exact) mass is 451 g/mol. The zero-order valence-corrected chi connectivity index (χ0v) is 18.1. The van der Waals surface area contributed by atoms with Gasteiger partial charge >= 0.3 is 0 Å². The summed E-state index contributed by atoms with van der Waals surface area (Å²) in [5.41, 5.74) is 1.58. The van der Waals surface area contributed by atoms with Crippen LogP contribution in [-0.4, -0.2) is 74.2 Å². The van der Waals surface area contributed by atoms with Crippen LogP contribution in [0.2, 0.25) is 10.0 Å². The zero-order chi connectivity index (χ0) is 21.1. The molecule has 0 spiro atoms. The van der Waals surface area contributed by atoms with E-state index in [0.717, 1.165) is 38.4 Å². The third-order valence-corrected chi connectivity index (χ3v) is 6.36. The molecule has 4 rings (SSSR count). The maximum Gasteiger partial charge on any atom is 0.254 e. The van der Waals surface area contributed by atoms with Crippen LogP contribution < -0.4 is 4.90 Å². The Morgan fingerprint density at radius 2 is 1.73 bits per heavy atom. The van der Waals surface area contributed by atoms with E-state index in [0.29, 0.717) is 35.3 Å². The average Bonchev–Trinajstić information content (AvgIpc) is 2.76. The molecule has 2 saturated heterocycles. The van der Waals surface area contributed by atoms with Gasteiger partial charge in [-0.1, -0.05) is 23.2 Å². The fourth-order valence-electron chi connectivity index (χ4n) is 3.95. The van der Waals surface area contributed by atoms with E-state index in [4.69, 9.17) is 27.9 Å². The van der Waals surface area contributed by atoms with Gasteiger partial charge in [-0.15, -0.1) is 0 Å². The van der Waals surface area contributed by atoms with Crippen molar-refractivity contribution in [2.45, 2.75) is 6.10 Å². The van der Waals surface area contributed by atoms with Gasteiger partial charge in [-0.2, -0.15) is 0 Å². The summed E-state index contributed by atoms with van der Waals surface area (Å²) >= 11 is 12.0. The van der Waals surface area contributed by atoms with Crippen molar-refractivity contribution in [2.24, 2.45) is 0 Å². The molecular formula is C22H24Cl2FN3O2. The van der Waals surface area contributed by atoms with Gasteiger partial charge in [0.15, 0.2) is 0 Å². The number of nitrogens with zero attached hydrogens (tertiary/aromatic N) is 3. The molecule has 2 aromatic rings. The van der Waals surface area contributed by atoms with Crippen molar-refractivity contribution in [1.82, 2.24) is 9.80 Å². The van der Waals surface area contributed by atoms with Gasteiger partial charge in [-0.05, 0) is 42.5 Å². The number of ether oxygens (including phenoxy) is 1. The lowest BCUT2D eigenvalue weighted by molar-refractivity contribution is -0.0363. The number of anilines is 1. The molecule has 1 unspecified atom stereocenters. The maximum atomic E-state index is 13.1. The summed E-state index contributed by atoms with van der Waals surface area (Å²) in [6.45, 7) is 5.98. The number of hydrogen-bond acceptors (Lipinski definition) is 4. The van der Waals surface area contributed by atoms with Gasteiger partial charge in [0.25, 0.3) is 5.91 Å². The Balaban J connectivity index is 1.29. The molecule has 8 heteroatoms. The Morgan fingerprint density at radius 1 is 1.00 bits per heavy atom. The van der Waals surface area contributed by atoms with Gasteiger partial charge in [0.05, 0.1) is 22.8 Å². The Morgan fingerprint density at radius 3 is 2.43 bits per heavy atom. The number of rotatable bonds is 4. The van der Waals surface area contributed by atoms with Crippen LogP contribution in [0.3, 0.4) is 0 Å². The summed E-state index contributed by atoms with van der Waals surface area (Å²) in [4.78, 5) is 19.3. The normalized spacial score (nSPS) is 20.4. The van der Waals surface area contributed by atoms with Crippen LogP contribution in [0.25, 0.3) is 0 Å². The molecule has 1 amide bonds. The second-order valence-electron chi connectivity index (χ2n) is 7.64. The van der Waals surface area contributed by atoms with Crippen LogP contribution in [0.4, 0.5) is 10.1 Å². The molecule has 0 saturated carbocycles. The van der Waals surface area contributed by atoms with Crippen molar-refractivity contribution in [2.75, 3.05) is 57.3 Å².